The Morgan fingerprint density at radius 1 is 0.895 bits per heavy atom. The number of carbonyl (C=O) groups excluding carboxylic acids is 3. The Hall–Kier alpha value is -3.35. The number of rotatable bonds is 10. The summed E-state index contributed by atoms with van der Waals surface area (Å²) in [4.78, 5) is 41.8. The van der Waals surface area contributed by atoms with Crippen molar-refractivity contribution in [1.82, 2.24) is 10.2 Å². The summed E-state index contributed by atoms with van der Waals surface area (Å²) in [6.45, 7) is 17.1. The number of nitrogens with zero attached hydrogens (tertiary/aromatic N) is 1. The summed E-state index contributed by atoms with van der Waals surface area (Å²) in [6.07, 6.45) is 0.936. The zero-order chi connectivity index (χ0) is 28.6. The normalized spacial score (nSPS) is 13.0. The second-order valence-electron chi connectivity index (χ2n) is 11.5. The summed E-state index contributed by atoms with van der Waals surface area (Å²) in [6, 6.07) is 12.2. The maximum atomic E-state index is 14.0. The number of anilines is 1. The second-order valence-corrected chi connectivity index (χ2v) is 11.5. The molecule has 0 fully saturated rings. The molecule has 2 aromatic carbocycles. The van der Waals surface area contributed by atoms with Crippen molar-refractivity contribution >= 4 is 23.6 Å². The van der Waals surface area contributed by atoms with E-state index in [1.165, 1.54) is 0 Å². The van der Waals surface area contributed by atoms with Gasteiger partial charge in [-0.2, -0.15) is 0 Å². The van der Waals surface area contributed by atoms with Gasteiger partial charge in [0.25, 0.3) is 5.91 Å². The monoisotopic (exact) mass is 523 g/mol. The fourth-order valence-electron chi connectivity index (χ4n) is 4.31. The molecular formula is C31H45N3O4. The van der Waals surface area contributed by atoms with Crippen LogP contribution >= 0.6 is 0 Å². The summed E-state index contributed by atoms with van der Waals surface area (Å²) in [7, 11) is 0. The van der Waals surface area contributed by atoms with E-state index in [9.17, 15) is 14.4 Å². The number of hydrogen-bond donors (Lipinski definition) is 2. The second kappa shape index (κ2) is 13.4. The minimum absolute atomic E-state index is 0.252. The van der Waals surface area contributed by atoms with E-state index in [-0.39, 0.29) is 24.4 Å². The molecule has 3 amide bonds. The lowest BCUT2D eigenvalue weighted by Crippen LogP contribution is -2.50. The van der Waals surface area contributed by atoms with E-state index in [0.717, 1.165) is 35.1 Å². The van der Waals surface area contributed by atoms with E-state index >= 15 is 0 Å². The molecule has 2 N–H and O–H groups in total. The predicted molar refractivity (Wildman–Crippen MR) is 153 cm³/mol. The zero-order valence-corrected chi connectivity index (χ0v) is 24.5. The van der Waals surface area contributed by atoms with Gasteiger partial charge in [-0.3, -0.25) is 9.59 Å². The number of benzene rings is 2. The minimum atomic E-state index is -0.885. The number of nitrogens with one attached hydrogen (secondary N) is 2. The lowest BCUT2D eigenvalue weighted by molar-refractivity contribution is -0.141. The first-order chi connectivity index (χ1) is 17.7. The molecule has 2 rings (SSSR count). The van der Waals surface area contributed by atoms with Gasteiger partial charge in [-0.05, 0) is 95.5 Å². The fourth-order valence-corrected chi connectivity index (χ4v) is 4.31. The first-order valence-electron chi connectivity index (χ1n) is 13.4. The number of aryl methyl sites for hydroxylation is 2. The van der Waals surface area contributed by atoms with Gasteiger partial charge in [0.15, 0.2) is 0 Å². The third-order valence-corrected chi connectivity index (χ3v) is 6.58. The van der Waals surface area contributed by atoms with Crippen molar-refractivity contribution < 1.29 is 19.1 Å². The van der Waals surface area contributed by atoms with Crippen molar-refractivity contribution in [2.45, 2.75) is 92.8 Å². The molecule has 2 atom stereocenters. The number of para-hydroxylation sites is 1. The van der Waals surface area contributed by atoms with E-state index in [1.807, 2.05) is 70.2 Å². The number of alkyl carbamates (subject to hydrolysis) is 1. The lowest BCUT2D eigenvalue weighted by atomic mass is 9.93. The maximum absolute atomic E-state index is 14.0. The van der Waals surface area contributed by atoms with Crippen LogP contribution in [0.15, 0.2) is 42.5 Å². The van der Waals surface area contributed by atoms with E-state index in [2.05, 4.69) is 24.5 Å². The molecule has 2 unspecified atom stereocenters. The highest BCUT2D eigenvalue weighted by molar-refractivity contribution is 5.99. The summed E-state index contributed by atoms with van der Waals surface area (Å²) in [5.41, 5.74) is 3.68. The average molecular weight is 524 g/mol. The molecular weight excluding hydrogens is 478 g/mol. The third-order valence-electron chi connectivity index (χ3n) is 6.58. The van der Waals surface area contributed by atoms with Gasteiger partial charge in [0.2, 0.25) is 5.91 Å². The van der Waals surface area contributed by atoms with Gasteiger partial charge < -0.3 is 20.3 Å². The highest BCUT2D eigenvalue weighted by Gasteiger charge is 2.36. The van der Waals surface area contributed by atoms with Crippen molar-refractivity contribution in [3.63, 3.8) is 0 Å². The smallest absolute Gasteiger partial charge is 0.408 e. The van der Waals surface area contributed by atoms with Crippen LogP contribution < -0.4 is 10.6 Å². The van der Waals surface area contributed by atoms with Crippen LogP contribution in [-0.4, -0.2) is 41.0 Å². The van der Waals surface area contributed by atoms with Gasteiger partial charge in [0, 0.05) is 11.7 Å². The van der Waals surface area contributed by atoms with Crippen molar-refractivity contribution in [2.24, 2.45) is 5.92 Å². The summed E-state index contributed by atoms with van der Waals surface area (Å²) in [5, 5.41) is 5.65. The van der Waals surface area contributed by atoms with E-state index < -0.39 is 17.7 Å². The van der Waals surface area contributed by atoms with Crippen LogP contribution in [-0.2, 0) is 14.3 Å². The summed E-state index contributed by atoms with van der Waals surface area (Å²) in [5.74, 6) is -0.206. The maximum Gasteiger partial charge on any atom is 0.408 e. The molecule has 0 aromatic heterocycles. The van der Waals surface area contributed by atoms with Gasteiger partial charge >= 0.3 is 6.09 Å². The van der Waals surface area contributed by atoms with Crippen LogP contribution in [0.5, 0.6) is 0 Å². The Kier molecular flexibility index (Phi) is 10.9. The van der Waals surface area contributed by atoms with Crippen LogP contribution in [0.3, 0.4) is 0 Å². The molecule has 38 heavy (non-hydrogen) atoms. The molecule has 208 valence electrons. The minimum Gasteiger partial charge on any atom is -0.444 e. The molecule has 0 bridgehead atoms. The van der Waals surface area contributed by atoms with Gasteiger partial charge in [-0.15, -0.1) is 0 Å². The van der Waals surface area contributed by atoms with Crippen molar-refractivity contribution in [1.29, 1.82) is 0 Å². The van der Waals surface area contributed by atoms with Gasteiger partial charge in [0.1, 0.15) is 18.2 Å². The quantitative estimate of drug-likeness (QED) is 0.374. The molecule has 0 saturated carbocycles. The Bertz CT molecular complexity index is 1120. The Balaban J connectivity index is 2.52. The molecule has 7 heteroatoms. The molecule has 0 radical (unpaired) electrons. The molecule has 0 saturated heterocycles. The number of ether oxygens (including phenoxy) is 1. The zero-order valence-electron chi connectivity index (χ0n) is 24.5. The largest absolute Gasteiger partial charge is 0.444 e. The van der Waals surface area contributed by atoms with Gasteiger partial charge in [0.05, 0.1) is 0 Å². The van der Waals surface area contributed by atoms with Gasteiger partial charge in [-0.1, -0.05) is 50.2 Å². The first-order valence-corrected chi connectivity index (χ1v) is 13.4. The van der Waals surface area contributed by atoms with Crippen LogP contribution in [0.2, 0.25) is 0 Å². The third kappa shape index (κ3) is 8.89. The van der Waals surface area contributed by atoms with Gasteiger partial charge in [-0.25, -0.2) is 4.79 Å². The molecule has 0 heterocycles. The van der Waals surface area contributed by atoms with Crippen molar-refractivity contribution in [3.05, 3.63) is 64.7 Å². The Morgan fingerprint density at radius 3 is 2.13 bits per heavy atom. The molecule has 0 aliphatic carbocycles. The number of hydrogen-bond acceptors (Lipinski definition) is 4. The fraction of sp³-hybridized carbons (Fsp3) is 0.516. The standard InChI is InChI=1S/C31H45N3O4/c1-20(2)17-18-23(5)34(27(35)19-32-30(37)38-31(7,8)9)28(25-15-12-14-21(3)24(25)6)29(36)33-26-16-11-10-13-22(26)4/h10-16,20,23,28H,17-19H2,1-9H3,(H,32,37)(H,33,36). The molecule has 2 aromatic rings. The van der Waals surface area contributed by atoms with Crippen LogP contribution in [0.4, 0.5) is 10.5 Å². The number of carbonyl (C=O) groups is 3. The van der Waals surface area contributed by atoms with E-state index in [1.54, 1.807) is 25.7 Å². The predicted octanol–water partition coefficient (Wildman–Crippen LogP) is 6.47. The summed E-state index contributed by atoms with van der Waals surface area (Å²) < 4.78 is 5.33. The highest BCUT2D eigenvalue weighted by Crippen LogP contribution is 2.31. The lowest BCUT2D eigenvalue weighted by Gasteiger charge is -2.37. The average Bonchev–Trinajstić information content (AvgIpc) is 2.81. The van der Waals surface area contributed by atoms with Crippen LogP contribution in [0, 0.1) is 26.7 Å². The summed E-state index contributed by atoms with van der Waals surface area (Å²) >= 11 is 0. The number of amides is 3. The highest BCUT2D eigenvalue weighted by atomic mass is 16.6. The molecule has 0 aliphatic heterocycles. The molecule has 0 spiro atoms. The van der Waals surface area contributed by atoms with Crippen molar-refractivity contribution in [3.8, 4) is 0 Å². The molecule has 7 nitrogen and oxygen atoms in total. The first kappa shape index (κ1) is 30.9. The van der Waals surface area contributed by atoms with Crippen LogP contribution in [0.1, 0.15) is 82.7 Å². The topological polar surface area (TPSA) is 87.7 Å². The van der Waals surface area contributed by atoms with E-state index in [4.69, 9.17) is 4.74 Å². The van der Waals surface area contributed by atoms with Crippen molar-refractivity contribution in [2.75, 3.05) is 11.9 Å². The van der Waals surface area contributed by atoms with Crippen LogP contribution in [0.25, 0.3) is 0 Å². The molecule has 0 aliphatic rings. The SMILES string of the molecule is Cc1ccccc1NC(=O)C(c1cccc(C)c1C)N(C(=O)CNC(=O)OC(C)(C)C)C(C)CCC(C)C. The van der Waals surface area contributed by atoms with E-state index in [0.29, 0.717) is 11.6 Å². The Labute approximate surface area is 228 Å². The Morgan fingerprint density at radius 2 is 1.53 bits per heavy atom.